The molecule has 0 aliphatic carbocycles. The Morgan fingerprint density at radius 1 is 1.29 bits per heavy atom. The van der Waals surface area contributed by atoms with Gasteiger partial charge in [-0.3, -0.25) is 0 Å². The summed E-state index contributed by atoms with van der Waals surface area (Å²) < 4.78 is 37.6. The molecule has 5 heteroatoms. The SMILES string of the molecule is NC/C=C/c1cccc2[nH]c(C(F)(F)F)cc12. The Balaban J connectivity index is 2.57. The smallest absolute Gasteiger partial charge is 0.351 e. The van der Waals surface area contributed by atoms with Crippen LogP contribution in [0, 0.1) is 0 Å². The van der Waals surface area contributed by atoms with E-state index < -0.39 is 11.9 Å². The fourth-order valence-electron chi connectivity index (χ4n) is 1.67. The number of halogens is 3. The van der Waals surface area contributed by atoms with Gasteiger partial charge in [0.2, 0.25) is 0 Å². The first kappa shape index (κ1) is 11.7. The van der Waals surface area contributed by atoms with Crippen molar-refractivity contribution >= 4 is 17.0 Å². The van der Waals surface area contributed by atoms with Crippen LogP contribution >= 0.6 is 0 Å². The Hall–Kier alpha value is -1.75. The summed E-state index contributed by atoms with van der Waals surface area (Å²) in [6.07, 6.45) is -0.931. The lowest BCUT2D eigenvalue weighted by molar-refractivity contribution is -0.140. The molecule has 2 rings (SSSR count). The minimum atomic E-state index is -4.35. The van der Waals surface area contributed by atoms with Crippen LogP contribution in [-0.4, -0.2) is 11.5 Å². The number of hydrogen-bond donors (Lipinski definition) is 2. The number of benzene rings is 1. The van der Waals surface area contributed by atoms with Crippen LogP contribution in [0.2, 0.25) is 0 Å². The van der Waals surface area contributed by atoms with E-state index in [4.69, 9.17) is 5.73 Å². The van der Waals surface area contributed by atoms with Crippen LogP contribution in [0.25, 0.3) is 17.0 Å². The maximum absolute atomic E-state index is 12.5. The fourth-order valence-corrected chi connectivity index (χ4v) is 1.67. The van der Waals surface area contributed by atoms with Crippen LogP contribution < -0.4 is 5.73 Å². The highest BCUT2D eigenvalue weighted by atomic mass is 19.4. The highest BCUT2D eigenvalue weighted by Crippen LogP contribution is 2.32. The number of alkyl halides is 3. The summed E-state index contributed by atoms with van der Waals surface area (Å²) in [6, 6.07) is 6.19. The molecular weight excluding hydrogens is 229 g/mol. The van der Waals surface area contributed by atoms with E-state index in [9.17, 15) is 13.2 Å². The molecule has 3 N–H and O–H groups in total. The molecule has 0 bridgehead atoms. The Bertz CT molecular complexity index is 552. The van der Waals surface area contributed by atoms with E-state index in [1.807, 2.05) is 0 Å². The van der Waals surface area contributed by atoms with Gasteiger partial charge in [0, 0.05) is 17.4 Å². The largest absolute Gasteiger partial charge is 0.431 e. The molecule has 0 aliphatic rings. The number of nitrogens with two attached hydrogens (primary N) is 1. The van der Waals surface area contributed by atoms with Crippen LogP contribution in [0.3, 0.4) is 0 Å². The van der Waals surface area contributed by atoms with Crippen molar-refractivity contribution in [1.82, 2.24) is 4.98 Å². The van der Waals surface area contributed by atoms with Crippen LogP contribution in [-0.2, 0) is 6.18 Å². The zero-order valence-electron chi connectivity index (χ0n) is 8.88. The maximum Gasteiger partial charge on any atom is 0.431 e. The summed E-state index contributed by atoms with van der Waals surface area (Å²) in [5, 5.41) is 0.546. The van der Waals surface area contributed by atoms with Crippen LogP contribution in [0.5, 0.6) is 0 Å². The van der Waals surface area contributed by atoms with Crippen molar-refractivity contribution in [2.45, 2.75) is 6.18 Å². The van der Waals surface area contributed by atoms with Gasteiger partial charge < -0.3 is 10.7 Å². The van der Waals surface area contributed by atoms with E-state index in [2.05, 4.69) is 4.98 Å². The average molecular weight is 240 g/mol. The lowest BCUT2D eigenvalue weighted by atomic mass is 10.1. The Labute approximate surface area is 95.9 Å². The quantitative estimate of drug-likeness (QED) is 0.831. The summed E-state index contributed by atoms with van der Waals surface area (Å²) in [6.45, 7) is 0.354. The summed E-state index contributed by atoms with van der Waals surface area (Å²) in [4.78, 5) is 2.36. The molecule has 0 spiro atoms. The molecule has 0 saturated heterocycles. The van der Waals surface area contributed by atoms with Crippen LogP contribution in [0.15, 0.2) is 30.3 Å². The first-order chi connectivity index (χ1) is 8.02. The van der Waals surface area contributed by atoms with Crippen molar-refractivity contribution in [1.29, 1.82) is 0 Å². The fraction of sp³-hybridized carbons (Fsp3) is 0.167. The van der Waals surface area contributed by atoms with Crippen molar-refractivity contribution < 1.29 is 13.2 Å². The lowest BCUT2D eigenvalue weighted by Crippen LogP contribution is -2.04. The summed E-state index contributed by atoms with van der Waals surface area (Å²) >= 11 is 0. The number of aromatic nitrogens is 1. The zero-order chi connectivity index (χ0) is 12.5. The molecule has 2 aromatic rings. The van der Waals surface area contributed by atoms with Gasteiger partial charge in [-0.2, -0.15) is 13.2 Å². The molecule has 90 valence electrons. The number of rotatable bonds is 2. The predicted molar refractivity (Wildman–Crippen MR) is 61.4 cm³/mol. The third-order valence-electron chi connectivity index (χ3n) is 2.44. The molecule has 0 saturated carbocycles. The normalized spacial score (nSPS) is 12.7. The van der Waals surface area contributed by atoms with Gasteiger partial charge in [-0.25, -0.2) is 0 Å². The first-order valence-electron chi connectivity index (χ1n) is 5.08. The van der Waals surface area contributed by atoms with E-state index in [1.165, 1.54) is 0 Å². The Kier molecular flexibility index (Phi) is 2.93. The number of H-pyrrole nitrogens is 1. The van der Waals surface area contributed by atoms with Gasteiger partial charge >= 0.3 is 6.18 Å². The predicted octanol–water partition coefficient (Wildman–Crippen LogP) is 3.16. The summed E-state index contributed by atoms with van der Waals surface area (Å²) in [5.41, 5.74) is 5.78. The van der Waals surface area contributed by atoms with Crippen molar-refractivity contribution in [2.75, 3.05) is 6.54 Å². The van der Waals surface area contributed by atoms with Crippen molar-refractivity contribution in [2.24, 2.45) is 5.73 Å². The zero-order valence-corrected chi connectivity index (χ0v) is 8.88. The molecule has 0 radical (unpaired) electrons. The molecule has 0 aliphatic heterocycles. The van der Waals surface area contributed by atoms with Crippen molar-refractivity contribution in [3.8, 4) is 0 Å². The van der Waals surface area contributed by atoms with Gasteiger partial charge in [0.05, 0.1) is 0 Å². The second kappa shape index (κ2) is 4.25. The molecule has 0 fully saturated rings. The Morgan fingerprint density at radius 3 is 2.71 bits per heavy atom. The topological polar surface area (TPSA) is 41.8 Å². The number of aromatic amines is 1. The third-order valence-corrected chi connectivity index (χ3v) is 2.44. The van der Waals surface area contributed by atoms with E-state index in [1.54, 1.807) is 30.4 Å². The standard InChI is InChI=1S/C12H11F3N2/c13-12(14,15)11-7-9-8(4-2-6-16)3-1-5-10(9)17-11/h1-5,7,17H,6,16H2/b4-2+. The van der Waals surface area contributed by atoms with Crippen molar-refractivity contribution in [3.63, 3.8) is 0 Å². The van der Waals surface area contributed by atoms with E-state index in [0.717, 1.165) is 11.6 Å². The molecule has 0 atom stereocenters. The minimum absolute atomic E-state index is 0.354. The summed E-state index contributed by atoms with van der Waals surface area (Å²) in [7, 11) is 0. The minimum Gasteiger partial charge on any atom is -0.351 e. The number of fused-ring (bicyclic) bond motifs is 1. The Morgan fingerprint density at radius 2 is 2.06 bits per heavy atom. The van der Waals surface area contributed by atoms with Crippen LogP contribution in [0.4, 0.5) is 13.2 Å². The van der Waals surface area contributed by atoms with Gasteiger partial charge in [0.25, 0.3) is 0 Å². The lowest BCUT2D eigenvalue weighted by Gasteiger charge is -2.00. The maximum atomic E-state index is 12.5. The van der Waals surface area contributed by atoms with Gasteiger partial charge in [-0.05, 0) is 17.7 Å². The number of hydrogen-bond acceptors (Lipinski definition) is 1. The van der Waals surface area contributed by atoms with Crippen LogP contribution in [0.1, 0.15) is 11.3 Å². The molecule has 1 aromatic carbocycles. The van der Waals surface area contributed by atoms with Gasteiger partial charge in [0.15, 0.2) is 0 Å². The average Bonchev–Trinajstić information content (AvgIpc) is 2.70. The molecule has 0 amide bonds. The second-order valence-corrected chi connectivity index (χ2v) is 3.63. The molecule has 17 heavy (non-hydrogen) atoms. The van der Waals surface area contributed by atoms with Gasteiger partial charge in [-0.1, -0.05) is 24.3 Å². The van der Waals surface area contributed by atoms with E-state index >= 15 is 0 Å². The monoisotopic (exact) mass is 240 g/mol. The molecule has 1 heterocycles. The molecule has 1 aromatic heterocycles. The molecule has 2 nitrogen and oxygen atoms in total. The first-order valence-corrected chi connectivity index (χ1v) is 5.08. The summed E-state index contributed by atoms with van der Waals surface area (Å²) in [5.74, 6) is 0. The highest BCUT2D eigenvalue weighted by molar-refractivity contribution is 5.89. The van der Waals surface area contributed by atoms with E-state index in [-0.39, 0.29) is 0 Å². The van der Waals surface area contributed by atoms with Gasteiger partial charge in [0.1, 0.15) is 5.69 Å². The third kappa shape index (κ3) is 2.34. The molecule has 0 unspecified atom stereocenters. The molecular formula is C12H11F3N2. The highest BCUT2D eigenvalue weighted by Gasteiger charge is 2.32. The second-order valence-electron chi connectivity index (χ2n) is 3.63. The van der Waals surface area contributed by atoms with Crippen molar-refractivity contribution in [3.05, 3.63) is 41.6 Å². The number of nitrogens with one attached hydrogen (secondary N) is 1. The van der Waals surface area contributed by atoms with Gasteiger partial charge in [-0.15, -0.1) is 0 Å². The van der Waals surface area contributed by atoms with E-state index in [0.29, 0.717) is 17.4 Å².